The number of ether oxygens (including phenoxy) is 2. The van der Waals surface area contributed by atoms with E-state index in [1.54, 1.807) is 35.9 Å². The Morgan fingerprint density at radius 3 is 2.57 bits per heavy atom. The average Bonchev–Trinajstić information content (AvgIpc) is 2.80. The third-order valence-electron chi connectivity index (χ3n) is 6.44. The lowest BCUT2D eigenvalue weighted by molar-refractivity contribution is 0.00807. The summed E-state index contributed by atoms with van der Waals surface area (Å²) in [6.07, 6.45) is 3.01. The first kappa shape index (κ1) is 24.5. The monoisotopic (exact) mass is 486 g/mol. The topological polar surface area (TPSA) is 128 Å². The van der Waals surface area contributed by atoms with E-state index in [1.807, 2.05) is 17.2 Å². The molecule has 4 rings (SSSR count). The van der Waals surface area contributed by atoms with Crippen molar-refractivity contribution >= 4 is 23.4 Å². The predicted octanol–water partition coefficient (Wildman–Crippen LogP) is 1.56. The number of carbonyl (C=O) groups is 1. The summed E-state index contributed by atoms with van der Waals surface area (Å²) in [6.45, 7) is 3.48. The van der Waals surface area contributed by atoms with Gasteiger partial charge in [-0.1, -0.05) is 12.1 Å². The van der Waals surface area contributed by atoms with Crippen LogP contribution in [0.2, 0.25) is 0 Å². The molecule has 0 unspecified atom stereocenters. The number of anilines is 2. The Hall–Kier alpha value is -3.60. The van der Waals surface area contributed by atoms with Crippen LogP contribution >= 0.6 is 0 Å². The van der Waals surface area contributed by atoms with Gasteiger partial charge in [0.1, 0.15) is 6.61 Å². The number of rotatable bonds is 7. The van der Waals surface area contributed by atoms with Crippen LogP contribution in [0.25, 0.3) is 0 Å². The lowest BCUT2D eigenvalue weighted by Crippen LogP contribution is -2.53. The second-order valence-corrected chi connectivity index (χ2v) is 8.97. The maximum Gasteiger partial charge on any atom is 0.437 e. The first-order valence-electron chi connectivity index (χ1n) is 11.6. The van der Waals surface area contributed by atoms with Crippen molar-refractivity contribution in [1.29, 1.82) is 0 Å². The van der Waals surface area contributed by atoms with Crippen LogP contribution in [0.4, 0.5) is 20.6 Å². The first-order valence-corrected chi connectivity index (χ1v) is 11.6. The van der Waals surface area contributed by atoms with Gasteiger partial charge in [-0.15, -0.1) is 4.99 Å². The smallest absolute Gasteiger partial charge is 0.437 e. The van der Waals surface area contributed by atoms with Crippen molar-refractivity contribution in [3.63, 3.8) is 0 Å². The van der Waals surface area contributed by atoms with Crippen LogP contribution in [0.1, 0.15) is 18.4 Å². The molecule has 3 heterocycles. The highest BCUT2D eigenvalue weighted by atomic mass is 19.1. The molecule has 2 fully saturated rings. The second-order valence-electron chi connectivity index (χ2n) is 8.97. The van der Waals surface area contributed by atoms with Crippen LogP contribution in [0.5, 0.6) is 0 Å². The minimum atomic E-state index is -0.965. The summed E-state index contributed by atoms with van der Waals surface area (Å²) in [6, 6.07) is 8.45. The van der Waals surface area contributed by atoms with E-state index in [4.69, 9.17) is 20.9 Å². The van der Waals surface area contributed by atoms with Gasteiger partial charge in [0, 0.05) is 51.1 Å². The number of aromatic nitrogens is 1. The maximum absolute atomic E-state index is 14.9. The lowest BCUT2D eigenvalue weighted by Gasteiger charge is -2.42. The summed E-state index contributed by atoms with van der Waals surface area (Å²) in [5.41, 5.74) is 12.0. The second kappa shape index (κ2) is 10.8. The van der Waals surface area contributed by atoms with Gasteiger partial charge in [0.15, 0.2) is 11.8 Å². The highest BCUT2D eigenvalue weighted by Crippen LogP contribution is 2.29. The number of hydrogen-bond acceptors (Lipinski definition) is 6. The van der Waals surface area contributed by atoms with Crippen molar-refractivity contribution in [3.8, 4) is 0 Å². The van der Waals surface area contributed by atoms with Crippen molar-refractivity contribution in [2.45, 2.75) is 25.6 Å². The van der Waals surface area contributed by atoms with E-state index >= 15 is 0 Å². The lowest BCUT2D eigenvalue weighted by atomic mass is 9.97. The number of hydrogen-bond donors (Lipinski definition) is 2. The molecule has 4 N–H and O–H groups in total. The molecule has 2 saturated heterocycles. The fourth-order valence-corrected chi connectivity index (χ4v) is 4.34. The number of pyridine rings is 1. The fourth-order valence-electron chi connectivity index (χ4n) is 4.34. The molecule has 2 aliphatic rings. The Balaban J connectivity index is 1.20. The van der Waals surface area contributed by atoms with Gasteiger partial charge in [0.25, 0.3) is 0 Å². The summed E-state index contributed by atoms with van der Waals surface area (Å²) in [7, 11) is 1.76. The van der Waals surface area contributed by atoms with E-state index in [1.165, 1.54) is 0 Å². The molecule has 0 spiro atoms. The molecule has 2 aliphatic heterocycles. The van der Waals surface area contributed by atoms with E-state index < -0.39 is 17.9 Å². The number of guanidine groups is 1. The molecule has 0 bridgehead atoms. The Bertz CT molecular complexity index is 1140. The third-order valence-corrected chi connectivity index (χ3v) is 6.44. The SMILES string of the molecule is Cn1cc(N2CCC(COC3CN(c4cccc(COC(=O)N=C(N)N)c4F)C3)CC2)ccc1=O. The predicted molar refractivity (Wildman–Crippen MR) is 131 cm³/mol. The van der Waals surface area contributed by atoms with Gasteiger partial charge >= 0.3 is 6.09 Å². The van der Waals surface area contributed by atoms with Gasteiger partial charge < -0.3 is 35.3 Å². The Morgan fingerprint density at radius 1 is 1.14 bits per heavy atom. The van der Waals surface area contributed by atoms with Crippen LogP contribution in [0, 0.1) is 11.7 Å². The number of benzene rings is 1. The molecule has 1 aromatic carbocycles. The standard InChI is InChI=1S/C24H31FN6O4/c1-29-11-18(5-6-21(29)32)30-9-7-16(8-10-30)14-34-19-12-31(13-19)20-4-2-3-17(22(20)25)15-35-24(33)28-23(26)27/h2-6,11,16,19H,7-10,12-15H2,1H3,(H4,26,27,28,33). The summed E-state index contributed by atoms with van der Waals surface area (Å²) >= 11 is 0. The van der Waals surface area contributed by atoms with Crippen LogP contribution in [0.15, 0.2) is 46.3 Å². The Kier molecular flexibility index (Phi) is 7.54. The molecule has 0 atom stereocenters. The van der Waals surface area contributed by atoms with E-state index in [9.17, 15) is 14.0 Å². The molecule has 0 saturated carbocycles. The van der Waals surface area contributed by atoms with Gasteiger partial charge in [-0.25, -0.2) is 9.18 Å². The third kappa shape index (κ3) is 6.10. The van der Waals surface area contributed by atoms with Crippen LogP contribution in [-0.4, -0.2) is 55.5 Å². The summed E-state index contributed by atoms with van der Waals surface area (Å²) < 4.78 is 27.5. The summed E-state index contributed by atoms with van der Waals surface area (Å²) in [5.74, 6) is -0.368. The zero-order valence-electron chi connectivity index (χ0n) is 19.7. The van der Waals surface area contributed by atoms with Crippen molar-refractivity contribution < 1.29 is 18.7 Å². The molecule has 0 aliphatic carbocycles. The number of nitrogens with zero attached hydrogens (tertiary/aromatic N) is 4. The number of amides is 1. The normalized spacial score (nSPS) is 16.6. The van der Waals surface area contributed by atoms with Crippen LogP contribution in [-0.2, 0) is 23.1 Å². The van der Waals surface area contributed by atoms with Crippen LogP contribution < -0.4 is 26.8 Å². The van der Waals surface area contributed by atoms with E-state index in [2.05, 4.69) is 9.89 Å². The molecular weight excluding hydrogens is 455 g/mol. The molecule has 188 valence electrons. The van der Waals surface area contributed by atoms with Crippen molar-refractivity contribution in [3.05, 3.63) is 58.3 Å². The van der Waals surface area contributed by atoms with E-state index in [0.717, 1.165) is 31.6 Å². The van der Waals surface area contributed by atoms with E-state index in [0.29, 0.717) is 31.3 Å². The highest BCUT2D eigenvalue weighted by molar-refractivity contribution is 5.87. The minimum absolute atomic E-state index is 0.00975. The number of halogens is 1. The molecule has 35 heavy (non-hydrogen) atoms. The van der Waals surface area contributed by atoms with Gasteiger partial charge in [-0.3, -0.25) is 4.79 Å². The Labute approximate surface area is 202 Å². The van der Waals surface area contributed by atoms with Gasteiger partial charge in [-0.2, -0.15) is 0 Å². The fraction of sp³-hybridized carbons (Fsp3) is 0.458. The molecule has 1 amide bonds. The van der Waals surface area contributed by atoms with Crippen molar-refractivity contribution in [2.24, 2.45) is 29.4 Å². The van der Waals surface area contributed by atoms with E-state index in [-0.39, 0.29) is 23.8 Å². The van der Waals surface area contributed by atoms with Gasteiger partial charge in [0.2, 0.25) is 5.56 Å². The number of aliphatic imine (C=N–C) groups is 1. The highest BCUT2D eigenvalue weighted by Gasteiger charge is 2.31. The first-order chi connectivity index (χ1) is 16.8. The average molecular weight is 487 g/mol. The number of piperidine rings is 1. The zero-order valence-corrected chi connectivity index (χ0v) is 19.7. The molecule has 11 heteroatoms. The molecule has 2 aromatic rings. The number of aryl methyl sites for hydroxylation is 1. The zero-order chi connectivity index (χ0) is 24.9. The number of carbonyl (C=O) groups excluding carboxylic acids is 1. The largest absolute Gasteiger partial charge is 0.443 e. The van der Waals surface area contributed by atoms with Crippen LogP contribution in [0.3, 0.4) is 0 Å². The quantitative estimate of drug-likeness (QED) is 0.446. The number of nitrogens with two attached hydrogens (primary N) is 2. The molecule has 10 nitrogen and oxygen atoms in total. The molecular formula is C24H31FN6O4. The van der Waals surface area contributed by atoms with Crippen molar-refractivity contribution in [2.75, 3.05) is 42.6 Å². The van der Waals surface area contributed by atoms with Gasteiger partial charge in [-0.05, 0) is 30.9 Å². The van der Waals surface area contributed by atoms with Crippen molar-refractivity contribution in [1.82, 2.24) is 4.57 Å². The maximum atomic E-state index is 14.9. The summed E-state index contributed by atoms with van der Waals surface area (Å²) in [4.78, 5) is 30.5. The molecule has 1 aromatic heterocycles. The molecule has 0 radical (unpaired) electrons. The Morgan fingerprint density at radius 2 is 1.89 bits per heavy atom. The van der Waals surface area contributed by atoms with Gasteiger partial charge in [0.05, 0.1) is 24.1 Å². The minimum Gasteiger partial charge on any atom is -0.443 e. The summed E-state index contributed by atoms with van der Waals surface area (Å²) in [5, 5.41) is 0.